The SMILES string of the molecule is C[C@H]1CCC[NH+](CN2C(=O)N[C@](C)(CCc3ccccc3)C2=O)C1. The van der Waals surface area contributed by atoms with Gasteiger partial charge in [-0.15, -0.1) is 0 Å². The minimum Gasteiger partial charge on any atom is -0.323 e. The lowest BCUT2D eigenvalue weighted by Crippen LogP contribution is -3.15. The van der Waals surface area contributed by atoms with Crippen molar-refractivity contribution in [2.24, 2.45) is 5.92 Å². The van der Waals surface area contributed by atoms with Crippen molar-refractivity contribution in [2.75, 3.05) is 19.8 Å². The summed E-state index contributed by atoms with van der Waals surface area (Å²) in [4.78, 5) is 28.0. The molecule has 2 N–H and O–H groups in total. The smallest absolute Gasteiger partial charge is 0.323 e. The Morgan fingerprint density at radius 1 is 1.29 bits per heavy atom. The van der Waals surface area contributed by atoms with E-state index in [-0.39, 0.29) is 11.9 Å². The molecular weight excluding hydrogens is 302 g/mol. The number of quaternary nitrogens is 1. The van der Waals surface area contributed by atoms with Gasteiger partial charge in [-0.25, -0.2) is 9.69 Å². The molecule has 5 nitrogen and oxygen atoms in total. The predicted molar refractivity (Wildman–Crippen MR) is 92.5 cm³/mol. The van der Waals surface area contributed by atoms with Crippen LogP contribution in [0.5, 0.6) is 0 Å². The molecule has 5 heteroatoms. The molecule has 130 valence electrons. The maximum Gasteiger partial charge on any atom is 0.329 e. The molecule has 0 saturated carbocycles. The first-order valence-electron chi connectivity index (χ1n) is 8.99. The standard InChI is InChI=1S/C19H27N3O2/c1-15-7-6-12-21(13-15)14-22-17(23)19(2,20-18(22)24)11-10-16-8-4-3-5-9-16/h3-5,8-9,15H,6-7,10-14H2,1-2H3,(H,20,24)/p+1/t15-,19+/m0/s1. The Morgan fingerprint density at radius 3 is 2.75 bits per heavy atom. The number of hydrogen-bond acceptors (Lipinski definition) is 2. The highest BCUT2D eigenvalue weighted by atomic mass is 16.2. The summed E-state index contributed by atoms with van der Waals surface area (Å²) in [5.41, 5.74) is 0.406. The van der Waals surface area contributed by atoms with Gasteiger partial charge in [0.15, 0.2) is 6.67 Å². The molecule has 0 aromatic heterocycles. The molecule has 0 spiro atoms. The second kappa shape index (κ2) is 6.93. The fourth-order valence-electron chi connectivity index (χ4n) is 3.86. The Hall–Kier alpha value is -1.88. The molecular formula is C19H28N3O2+. The van der Waals surface area contributed by atoms with Crippen LogP contribution in [0.3, 0.4) is 0 Å². The van der Waals surface area contributed by atoms with Crippen LogP contribution in [-0.4, -0.2) is 42.1 Å². The van der Waals surface area contributed by atoms with E-state index in [4.69, 9.17) is 0 Å². The highest BCUT2D eigenvalue weighted by molar-refractivity contribution is 6.06. The molecule has 3 atom stereocenters. The third-order valence-corrected chi connectivity index (χ3v) is 5.35. The Labute approximate surface area is 144 Å². The van der Waals surface area contributed by atoms with E-state index in [0.717, 1.165) is 19.5 Å². The quantitative estimate of drug-likeness (QED) is 0.797. The zero-order valence-electron chi connectivity index (χ0n) is 14.7. The molecule has 2 aliphatic rings. The van der Waals surface area contributed by atoms with Crippen LogP contribution in [0.1, 0.15) is 38.7 Å². The van der Waals surface area contributed by atoms with Gasteiger partial charge in [0.1, 0.15) is 5.54 Å². The summed E-state index contributed by atoms with van der Waals surface area (Å²) >= 11 is 0. The lowest BCUT2D eigenvalue weighted by Gasteiger charge is -2.30. The molecule has 2 fully saturated rings. The average molecular weight is 330 g/mol. The Kier molecular flexibility index (Phi) is 4.90. The number of piperidine rings is 1. The summed E-state index contributed by atoms with van der Waals surface area (Å²) in [6, 6.07) is 9.86. The fraction of sp³-hybridized carbons (Fsp3) is 0.579. The van der Waals surface area contributed by atoms with Crippen LogP contribution in [0.2, 0.25) is 0 Å². The zero-order chi connectivity index (χ0) is 17.2. The summed E-state index contributed by atoms with van der Waals surface area (Å²) in [5.74, 6) is 0.591. The topological polar surface area (TPSA) is 53.9 Å². The van der Waals surface area contributed by atoms with E-state index < -0.39 is 5.54 Å². The van der Waals surface area contributed by atoms with E-state index in [2.05, 4.69) is 24.4 Å². The summed E-state index contributed by atoms with van der Waals surface area (Å²) in [6.07, 6.45) is 3.83. The van der Waals surface area contributed by atoms with Crippen LogP contribution in [0, 0.1) is 5.92 Å². The monoisotopic (exact) mass is 330 g/mol. The van der Waals surface area contributed by atoms with Crippen LogP contribution in [0.4, 0.5) is 4.79 Å². The van der Waals surface area contributed by atoms with Crippen molar-refractivity contribution in [1.82, 2.24) is 10.2 Å². The number of rotatable bonds is 5. The number of urea groups is 1. The summed E-state index contributed by atoms with van der Waals surface area (Å²) < 4.78 is 0. The lowest BCUT2D eigenvalue weighted by atomic mass is 9.93. The number of nitrogens with zero attached hydrogens (tertiary/aromatic N) is 1. The molecule has 0 bridgehead atoms. The van der Waals surface area contributed by atoms with Crippen LogP contribution < -0.4 is 10.2 Å². The van der Waals surface area contributed by atoms with E-state index in [0.29, 0.717) is 19.0 Å². The summed E-state index contributed by atoms with van der Waals surface area (Å²) in [7, 11) is 0. The predicted octanol–water partition coefficient (Wildman–Crippen LogP) is 1.20. The fourth-order valence-corrected chi connectivity index (χ4v) is 3.86. The minimum atomic E-state index is -0.784. The third kappa shape index (κ3) is 3.61. The number of hydrogen-bond donors (Lipinski definition) is 2. The van der Waals surface area contributed by atoms with Crippen LogP contribution >= 0.6 is 0 Å². The first kappa shape index (κ1) is 17.0. The Bertz CT molecular complexity index is 604. The maximum absolute atomic E-state index is 12.8. The van der Waals surface area contributed by atoms with E-state index in [1.807, 2.05) is 25.1 Å². The first-order chi connectivity index (χ1) is 11.5. The van der Waals surface area contributed by atoms with Gasteiger partial charge in [0, 0.05) is 5.92 Å². The number of amides is 3. The van der Waals surface area contributed by atoms with Gasteiger partial charge in [0.05, 0.1) is 13.1 Å². The first-order valence-corrected chi connectivity index (χ1v) is 8.99. The van der Waals surface area contributed by atoms with Crippen molar-refractivity contribution >= 4 is 11.9 Å². The van der Waals surface area contributed by atoms with E-state index in [1.54, 1.807) is 0 Å². The molecule has 2 aliphatic heterocycles. The molecule has 0 aliphatic carbocycles. The van der Waals surface area contributed by atoms with Gasteiger partial charge in [0.2, 0.25) is 0 Å². The van der Waals surface area contributed by atoms with Gasteiger partial charge in [0.25, 0.3) is 5.91 Å². The van der Waals surface area contributed by atoms with Crippen molar-refractivity contribution in [3.05, 3.63) is 35.9 Å². The summed E-state index contributed by atoms with van der Waals surface area (Å²) in [6.45, 7) is 6.68. The molecule has 3 rings (SSSR count). The third-order valence-electron chi connectivity index (χ3n) is 5.35. The Morgan fingerprint density at radius 2 is 2.04 bits per heavy atom. The Balaban J connectivity index is 1.62. The average Bonchev–Trinajstić information content (AvgIpc) is 2.78. The second-order valence-electron chi connectivity index (χ2n) is 7.59. The van der Waals surface area contributed by atoms with Crippen LogP contribution in [0.15, 0.2) is 30.3 Å². The molecule has 1 aromatic rings. The molecule has 24 heavy (non-hydrogen) atoms. The number of carbonyl (C=O) groups is 2. The van der Waals surface area contributed by atoms with E-state index in [1.165, 1.54) is 28.2 Å². The van der Waals surface area contributed by atoms with Crippen molar-refractivity contribution < 1.29 is 14.5 Å². The minimum absolute atomic E-state index is 0.0749. The van der Waals surface area contributed by atoms with E-state index in [9.17, 15) is 9.59 Å². The van der Waals surface area contributed by atoms with Gasteiger partial charge in [-0.2, -0.15) is 0 Å². The van der Waals surface area contributed by atoms with Crippen molar-refractivity contribution in [3.63, 3.8) is 0 Å². The number of carbonyl (C=O) groups excluding carboxylic acids is 2. The highest BCUT2D eigenvalue weighted by Gasteiger charge is 2.48. The van der Waals surface area contributed by atoms with Crippen molar-refractivity contribution in [2.45, 2.75) is 45.1 Å². The van der Waals surface area contributed by atoms with Crippen LogP contribution in [-0.2, 0) is 11.2 Å². The van der Waals surface area contributed by atoms with Gasteiger partial charge in [-0.1, -0.05) is 37.3 Å². The molecule has 2 heterocycles. The molecule has 1 unspecified atom stereocenters. The zero-order valence-corrected chi connectivity index (χ0v) is 14.7. The van der Waals surface area contributed by atoms with Crippen LogP contribution in [0.25, 0.3) is 0 Å². The highest BCUT2D eigenvalue weighted by Crippen LogP contribution is 2.22. The second-order valence-corrected chi connectivity index (χ2v) is 7.59. The largest absolute Gasteiger partial charge is 0.329 e. The van der Waals surface area contributed by atoms with Gasteiger partial charge < -0.3 is 10.2 Å². The number of imide groups is 1. The summed E-state index contributed by atoms with van der Waals surface area (Å²) in [5, 5.41) is 2.93. The molecule has 2 saturated heterocycles. The normalized spacial score (nSPS) is 30.5. The van der Waals surface area contributed by atoms with Crippen molar-refractivity contribution in [3.8, 4) is 0 Å². The van der Waals surface area contributed by atoms with Gasteiger partial charge in [-0.05, 0) is 38.2 Å². The number of nitrogens with one attached hydrogen (secondary N) is 2. The number of aryl methyl sites for hydroxylation is 1. The van der Waals surface area contributed by atoms with Gasteiger partial charge in [-0.3, -0.25) is 4.79 Å². The number of likely N-dealkylation sites (tertiary alicyclic amines) is 1. The van der Waals surface area contributed by atoms with Crippen molar-refractivity contribution in [1.29, 1.82) is 0 Å². The molecule has 1 aromatic carbocycles. The van der Waals surface area contributed by atoms with Gasteiger partial charge >= 0.3 is 6.03 Å². The molecule has 0 radical (unpaired) electrons. The van der Waals surface area contributed by atoms with E-state index >= 15 is 0 Å². The molecule has 3 amide bonds. The lowest BCUT2D eigenvalue weighted by molar-refractivity contribution is -0.915. The number of benzene rings is 1. The maximum atomic E-state index is 12.8.